The van der Waals surface area contributed by atoms with Crippen molar-refractivity contribution in [2.75, 3.05) is 6.54 Å². The highest BCUT2D eigenvalue weighted by Gasteiger charge is 2.20. The molecule has 2 amide bonds. The van der Waals surface area contributed by atoms with E-state index in [0.29, 0.717) is 19.6 Å². The summed E-state index contributed by atoms with van der Waals surface area (Å²) in [6.07, 6.45) is 3.94. The molecule has 1 aromatic carbocycles. The Bertz CT molecular complexity index is 702. The van der Waals surface area contributed by atoms with Crippen LogP contribution in [-0.4, -0.2) is 28.1 Å². The predicted molar refractivity (Wildman–Crippen MR) is 96.7 cm³/mol. The van der Waals surface area contributed by atoms with E-state index in [9.17, 15) is 9.59 Å². The topological polar surface area (TPSA) is 76.0 Å². The first-order chi connectivity index (χ1) is 11.8. The van der Waals surface area contributed by atoms with Gasteiger partial charge in [0.05, 0.1) is 12.7 Å². The minimum Gasteiger partial charge on any atom is -0.355 e. The van der Waals surface area contributed by atoms with E-state index in [1.54, 1.807) is 6.20 Å². The van der Waals surface area contributed by atoms with E-state index in [1.807, 2.05) is 49.8 Å². The second-order valence-electron chi connectivity index (χ2n) is 7.06. The number of hydrogen-bond donors (Lipinski definition) is 2. The average molecular weight is 342 g/mol. The van der Waals surface area contributed by atoms with Crippen molar-refractivity contribution in [1.29, 1.82) is 0 Å². The maximum atomic E-state index is 11.9. The zero-order valence-corrected chi connectivity index (χ0v) is 15.1. The van der Waals surface area contributed by atoms with Crippen LogP contribution in [0.5, 0.6) is 0 Å². The van der Waals surface area contributed by atoms with Gasteiger partial charge in [-0.25, -0.2) is 0 Å². The SMILES string of the molecule is CC(C)(C)C(=O)NCCC(=O)NCc1cnn(Cc2ccccc2)c1. The third-order valence-corrected chi connectivity index (χ3v) is 3.68. The fourth-order valence-electron chi connectivity index (χ4n) is 2.20. The Balaban J connectivity index is 1.71. The van der Waals surface area contributed by atoms with Gasteiger partial charge < -0.3 is 10.6 Å². The van der Waals surface area contributed by atoms with Crippen LogP contribution in [0.3, 0.4) is 0 Å². The first-order valence-corrected chi connectivity index (χ1v) is 8.45. The molecule has 1 aromatic heterocycles. The molecule has 0 aliphatic rings. The van der Waals surface area contributed by atoms with E-state index >= 15 is 0 Å². The quantitative estimate of drug-likeness (QED) is 0.809. The number of aromatic nitrogens is 2. The molecule has 0 spiro atoms. The van der Waals surface area contributed by atoms with Gasteiger partial charge in [0.2, 0.25) is 11.8 Å². The predicted octanol–water partition coefficient (Wildman–Crippen LogP) is 2.10. The summed E-state index contributed by atoms with van der Waals surface area (Å²) in [5, 5.41) is 9.92. The number of rotatable bonds is 7. The molecule has 0 aliphatic heterocycles. The van der Waals surface area contributed by atoms with Crippen molar-refractivity contribution < 1.29 is 9.59 Å². The molecule has 6 heteroatoms. The van der Waals surface area contributed by atoms with Gasteiger partial charge in [-0.3, -0.25) is 14.3 Å². The van der Waals surface area contributed by atoms with Crippen LogP contribution < -0.4 is 10.6 Å². The zero-order valence-electron chi connectivity index (χ0n) is 15.1. The summed E-state index contributed by atoms with van der Waals surface area (Å²) < 4.78 is 1.85. The number of nitrogens with zero attached hydrogens (tertiary/aromatic N) is 2. The summed E-state index contributed by atoms with van der Waals surface area (Å²) in [7, 11) is 0. The lowest BCUT2D eigenvalue weighted by Gasteiger charge is -2.17. The Morgan fingerprint density at radius 2 is 1.80 bits per heavy atom. The lowest BCUT2D eigenvalue weighted by molar-refractivity contribution is -0.128. The third-order valence-electron chi connectivity index (χ3n) is 3.68. The van der Waals surface area contributed by atoms with E-state index in [-0.39, 0.29) is 18.2 Å². The molecule has 0 fully saturated rings. The molecular formula is C19H26N4O2. The molecule has 2 rings (SSSR count). The average Bonchev–Trinajstić information content (AvgIpc) is 3.00. The molecule has 0 radical (unpaired) electrons. The molecule has 134 valence electrons. The standard InChI is InChI=1S/C19H26N4O2/c1-19(2,3)18(25)20-10-9-17(24)21-11-16-12-22-23(14-16)13-15-7-5-4-6-8-15/h4-8,12,14H,9-11,13H2,1-3H3,(H,20,25)(H,21,24). The van der Waals surface area contributed by atoms with Gasteiger partial charge in [0.15, 0.2) is 0 Å². The van der Waals surface area contributed by atoms with Crippen molar-refractivity contribution in [3.05, 3.63) is 53.9 Å². The number of amides is 2. The number of carbonyl (C=O) groups is 2. The smallest absolute Gasteiger partial charge is 0.225 e. The minimum absolute atomic E-state index is 0.0533. The van der Waals surface area contributed by atoms with Crippen LogP contribution in [0, 0.1) is 5.41 Å². The molecule has 0 saturated carbocycles. The van der Waals surface area contributed by atoms with E-state index in [4.69, 9.17) is 0 Å². The summed E-state index contributed by atoms with van der Waals surface area (Å²) in [6, 6.07) is 10.1. The van der Waals surface area contributed by atoms with Crippen LogP contribution in [0.15, 0.2) is 42.7 Å². The molecule has 0 saturated heterocycles. The van der Waals surface area contributed by atoms with Crippen LogP contribution in [0.4, 0.5) is 0 Å². The minimum atomic E-state index is -0.441. The van der Waals surface area contributed by atoms with Gasteiger partial charge in [-0.2, -0.15) is 5.10 Å². The van der Waals surface area contributed by atoms with Crippen molar-refractivity contribution in [3.63, 3.8) is 0 Å². The second-order valence-corrected chi connectivity index (χ2v) is 7.06. The molecule has 2 aromatic rings. The molecular weight excluding hydrogens is 316 g/mol. The van der Waals surface area contributed by atoms with Gasteiger partial charge in [0.1, 0.15) is 0 Å². The Hall–Kier alpha value is -2.63. The number of nitrogens with one attached hydrogen (secondary N) is 2. The van der Waals surface area contributed by atoms with Gasteiger partial charge in [-0.05, 0) is 5.56 Å². The molecule has 25 heavy (non-hydrogen) atoms. The van der Waals surface area contributed by atoms with Gasteiger partial charge in [0.25, 0.3) is 0 Å². The number of carbonyl (C=O) groups excluding carboxylic acids is 2. The maximum Gasteiger partial charge on any atom is 0.225 e. The monoisotopic (exact) mass is 342 g/mol. The lowest BCUT2D eigenvalue weighted by Crippen LogP contribution is -2.37. The molecule has 0 atom stereocenters. The fraction of sp³-hybridized carbons (Fsp3) is 0.421. The Morgan fingerprint density at radius 3 is 2.48 bits per heavy atom. The van der Waals surface area contributed by atoms with E-state index < -0.39 is 5.41 Å². The Morgan fingerprint density at radius 1 is 1.08 bits per heavy atom. The molecule has 1 heterocycles. The fourth-order valence-corrected chi connectivity index (χ4v) is 2.20. The maximum absolute atomic E-state index is 11.9. The summed E-state index contributed by atoms with van der Waals surface area (Å²) >= 11 is 0. The second kappa shape index (κ2) is 8.46. The summed E-state index contributed by atoms with van der Waals surface area (Å²) in [5.41, 5.74) is 1.68. The van der Waals surface area contributed by atoms with Crippen molar-refractivity contribution in [2.45, 2.75) is 40.3 Å². The number of benzene rings is 1. The Kier molecular flexibility index (Phi) is 6.33. The largest absolute Gasteiger partial charge is 0.355 e. The highest BCUT2D eigenvalue weighted by Crippen LogP contribution is 2.12. The van der Waals surface area contributed by atoms with E-state index in [0.717, 1.165) is 5.56 Å². The van der Waals surface area contributed by atoms with Crippen LogP contribution in [0.1, 0.15) is 38.3 Å². The third kappa shape index (κ3) is 6.41. The number of hydrogen-bond acceptors (Lipinski definition) is 3. The zero-order chi connectivity index (χ0) is 18.3. The summed E-state index contributed by atoms with van der Waals surface area (Å²) in [4.78, 5) is 23.6. The molecule has 0 unspecified atom stereocenters. The first-order valence-electron chi connectivity index (χ1n) is 8.45. The van der Waals surface area contributed by atoms with Crippen LogP contribution in [-0.2, 0) is 22.7 Å². The van der Waals surface area contributed by atoms with Crippen molar-refractivity contribution in [3.8, 4) is 0 Å². The lowest BCUT2D eigenvalue weighted by atomic mass is 9.96. The molecule has 6 nitrogen and oxygen atoms in total. The van der Waals surface area contributed by atoms with Crippen molar-refractivity contribution in [2.24, 2.45) is 5.41 Å². The summed E-state index contributed by atoms with van der Waals surface area (Å²) in [6.45, 7) is 7.00. The van der Waals surface area contributed by atoms with Crippen molar-refractivity contribution in [1.82, 2.24) is 20.4 Å². The Labute approximate surface area is 148 Å². The normalized spacial score (nSPS) is 11.2. The van der Waals surface area contributed by atoms with Crippen molar-refractivity contribution >= 4 is 11.8 Å². The van der Waals surface area contributed by atoms with Gasteiger partial charge in [-0.1, -0.05) is 51.1 Å². The van der Waals surface area contributed by atoms with Crippen LogP contribution in [0.25, 0.3) is 0 Å². The van der Waals surface area contributed by atoms with Gasteiger partial charge >= 0.3 is 0 Å². The highest BCUT2D eigenvalue weighted by molar-refractivity contribution is 5.82. The summed E-state index contributed by atoms with van der Waals surface area (Å²) in [5.74, 6) is -0.146. The van der Waals surface area contributed by atoms with Crippen LogP contribution >= 0.6 is 0 Å². The van der Waals surface area contributed by atoms with E-state index in [2.05, 4.69) is 27.9 Å². The van der Waals surface area contributed by atoms with Gasteiger partial charge in [0, 0.05) is 36.7 Å². The first kappa shape index (κ1) is 18.7. The molecule has 0 aliphatic carbocycles. The molecule has 2 N–H and O–H groups in total. The molecule has 0 bridgehead atoms. The van der Waals surface area contributed by atoms with E-state index in [1.165, 1.54) is 5.56 Å². The van der Waals surface area contributed by atoms with Gasteiger partial charge in [-0.15, -0.1) is 0 Å². The highest BCUT2D eigenvalue weighted by atomic mass is 16.2. The van der Waals surface area contributed by atoms with Crippen LogP contribution in [0.2, 0.25) is 0 Å².